The highest BCUT2D eigenvalue weighted by Crippen LogP contribution is 2.41. The minimum atomic E-state index is -3.51. The van der Waals surface area contributed by atoms with Crippen LogP contribution in [0.15, 0.2) is 35.7 Å². The number of fused-ring (bicyclic) bond motifs is 1. The number of sulfonamides is 1. The number of carbonyl (C=O) groups excluding carboxylic acids is 3. The third-order valence-electron chi connectivity index (χ3n) is 10.8. The summed E-state index contributed by atoms with van der Waals surface area (Å²) in [5.74, 6) is -0.416. The van der Waals surface area contributed by atoms with E-state index in [-0.39, 0.29) is 30.2 Å². The van der Waals surface area contributed by atoms with Gasteiger partial charge in [-0.2, -0.15) is 0 Å². The number of methoxy groups -OCH3 is 1. The van der Waals surface area contributed by atoms with Gasteiger partial charge < -0.3 is 25.8 Å². The van der Waals surface area contributed by atoms with Crippen molar-refractivity contribution in [2.45, 2.75) is 108 Å². The fourth-order valence-corrected chi connectivity index (χ4v) is 9.50. The largest absolute Gasteiger partial charge is 0.496 e. The van der Waals surface area contributed by atoms with Gasteiger partial charge in [0.2, 0.25) is 27.7 Å². The van der Waals surface area contributed by atoms with E-state index in [1.807, 2.05) is 49.6 Å². The molecule has 0 radical (unpaired) electrons. The van der Waals surface area contributed by atoms with Crippen molar-refractivity contribution < 1.29 is 32.3 Å². The van der Waals surface area contributed by atoms with Gasteiger partial charge >= 0.3 is 0 Å². The number of allylic oxidation sites excluding steroid dienone is 2. The zero-order valence-corrected chi connectivity index (χ0v) is 33.3. The van der Waals surface area contributed by atoms with E-state index in [0.717, 1.165) is 47.3 Å². The molecule has 2 saturated carbocycles. The molecule has 0 spiro atoms. The summed E-state index contributed by atoms with van der Waals surface area (Å²) in [5.41, 5.74) is 15.5. The Balaban J connectivity index is 1.05. The van der Waals surface area contributed by atoms with Crippen LogP contribution in [0.5, 0.6) is 11.5 Å². The molecule has 2 aromatic heterocycles. The van der Waals surface area contributed by atoms with Crippen LogP contribution >= 0.6 is 11.3 Å². The summed E-state index contributed by atoms with van der Waals surface area (Å²) in [6.07, 6.45) is 9.11. The van der Waals surface area contributed by atoms with Crippen molar-refractivity contribution in [2.75, 3.05) is 13.7 Å². The summed E-state index contributed by atoms with van der Waals surface area (Å²) in [6, 6.07) is 3.98. The summed E-state index contributed by atoms with van der Waals surface area (Å²) in [6.45, 7) is 8.16. The number of nitrogens with one attached hydrogen (secondary N) is 1. The fraction of sp³-hybridized carbons (Fsp3) is 0.564. The number of nitrogens with zero attached hydrogens (tertiary/aromatic N) is 3. The number of rotatable bonds is 17. The fourth-order valence-electron chi connectivity index (χ4n) is 7.20. The molecule has 0 bridgehead atoms. The predicted octanol–water partition coefficient (Wildman–Crippen LogP) is 4.96. The number of carbonyl (C=O) groups is 3. The zero-order valence-electron chi connectivity index (χ0n) is 31.6. The van der Waals surface area contributed by atoms with Crippen LogP contribution in [0.4, 0.5) is 0 Å². The highest BCUT2D eigenvalue weighted by molar-refractivity contribution is 7.90. The number of hydrogen-bond acceptors (Lipinski definition) is 11. The second-order valence-corrected chi connectivity index (χ2v) is 18.1. The van der Waals surface area contributed by atoms with Crippen LogP contribution in [0.1, 0.15) is 89.3 Å². The van der Waals surface area contributed by atoms with E-state index in [1.165, 1.54) is 16.2 Å². The van der Waals surface area contributed by atoms with Crippen molar-refractivity contribution in [1.82, 2.24) is 19.6 Å². The first-order valence-corrected chi connectivity index (χ1v) is 21.3. The lowest BCUT2D eigenvalue weighted by atomic mass is 9.99. The number of amides is 3. The molecule has 5 N–H and O–H groups in total. The summed E-state index contributed by atoms with van der Waals surface area (Å²) < 4.78 is 38.6. The molecule has 3 aliphatic rings. The monoisotopic (exact) mass is 780 g/mol. The molecule has 1 saturated heterocycles. The van der Waals surface area contributed by atoms with Gasteiger partial charge in [0.1, 0.15) is 34.3 Å². The Morgan fingerprint density at radius 1 is 1.13 bits per heavy atom. The van der Waals surface area contributed by atoms with E-state index in [0.29, 0.717) is 48.4 Å². The van der Waals surface area contributed by atoms with Gasteiger partial charge in [0.05, 0.1) is 36.2 Å². The maximum absolute atomic E-state index is 13.7. The van der Waals surface area contributed by atoms with E-state index in [9.17, 15) is 22.8 Å². The highest BCUT2D eigenvalue weighted by Gasteiger charge is 2.47. The van der Waals surface area contributed by atoms with Crippen molar-refractivity contribution in [3.63, 3.8) is 0 Å². The number of hydrogen-bond donors (Lipinski definition) is 3. The number of nitrogens with two attached hydrogens (primary N) is 2. The van der Waals surface area contributed by atoms with Crippen LogP contribution in [-0.2, 0) is 24.4 Å². The first kappa shape index (κ1) is 39.6. The van der Waals surface area contributed by atoms with Crippen LogP contribution < -0.4 is 25.7 Å². The van der Waals surface area contributed by atoms with E-state index in [1.54, 1.807) is 7.11 Å². The number of thiazole rings is 1. The molecule has 54 heavy (non-hydrogen) atoms. The number of unbranched alkanes of at least 4 members (excludes halogenated alkanes) is 3. The van der Waals surface area contributed by atoms with Crippen LogP contribution in [-0.4, -0.2) is 78.1 Å². The van der Waals surface area contributed by atoms with Crippen LogP contribution in [0, 0.1) is 24.7 Å². The lowest BCUT2D eigenvalue weighted by molar-refractivity contribution is -0.139. The second kappa shape index (κ2) is 16.3. The summed E-state index contributed by atoms with van der Waals surface area (Å²) in [4.78, 5) is 50.1. The first-order chi connectivity index (χ1) is 25.7. The molecular weight excluding hydrogens is 729 g/mol. The zero-order chi connectivity index (χ0) is 38.9. The number of likely N-dealkylation sites (tertiary alicyclic amines) is 1. The Kier molecular flexibility index (Phi) is 12.0. The number of aryl methyl sites for hydroxylation is 1. The third-order valence-corrected chi connectivity index (χ3v) is 13.5. The van der Waals surface area contributed by atoms with Gasteiger partial charge in [-0.05, 0) is 69.4 Å². The molecule has 6 rings (SSSR count). The molecule has 1 aliphatic heterocycles. The van der Waals surface area contributed by atoms with Crippen LogP contribution in [0.2, 0.25) is 0 Å². The molecule has 1 aromatic carbocycles. The SMILES string of the molecule is COc1ccc2c(OC3CN(C(=O)C(N)CCCCCC=CC4CC4C(=O)NS(=O)(=O)C4CC4)C(C(N)=O)C3C)cc(-c3nc(C(C)C)cs3)nc2c1C. The van der Waals surface area contributed by atoms with E-state index in [2.05, 4.69) is 18.6 Å². The van der Waals surface area contributed by atoms with Gasteiger partial charge in [-0.25, -0.2) is 18.4 Å². The van der Waals surface area contributed by atoms with E-state index >= 15 is 0 Å². The number of benzene rings is 1. The number of primary amides is 1. The van der Waals surface area contributed by atoms with Crippen molar-refractivity contribution in [3.05, 3.63) is 47.0 Å². The molecule has 292 valence electrons. The van der Waals surface area contributed by atoms with Crippen molar-refractivity contribution in [1.29, 1.82) is 0 Å². The number of aromatic nitrogens is 2. The Labute approximate surface area is 321 Å². The Morgan fingerprint density at radius 2 is 1.89 bits per heavy atom. The smallest absolute Gasteiger partial charge is 0.240 e. The van der Waals surface area contributed by atoms with Gasteiger partial charge in [-0.15, -0.1) is 11.3 Å². The maximum atomic E-state index is 13.7. The normalized spacial score (nSPS) is 23.2. The maximum Gasteiger partial charge on any atom is 0.240 e. The lowest BCUT2D eigenvalue weighted by Gasteiger charge is -2.26. The molecule has 6 unspecified atom stereocenters. The molecule has 3 heterocycles. The Hall–Kier alpha value is -4.08. The summed E-state index contributed by atoms with van der Waals surface area (Å²) in [7, 11) is -1.90. The molecule has 2 aliphatic carbocycles. The molecule has 6 atom stereocenters. The number of ether oxygens (including phenoxy) is 2. The third kappa shape index (κ3) is 8.73. The van der Waals surface area contributed by atoms with E-state index < -0.39 is 51.2 Å². The van der Waals surface area contributed by atoms with Gasteiger partial charge in [0.25, 0.3) is 0 Å². The Bertz CT molecular complexity index is 2030. The predicted molar refractivity (Wildman–Crippen MR) is 208 cm³/mol. The van der Waals surface area contributed by atoms with Crippen molar-refractivity contribution in [2.24, 2.45) is 29.2 Å². The molecule has 3 amide bonds. The van der Waals surface area contributed by atoms with Crippen LogP contribution in [0.25, 0.3) is 21.6 Å². The molecule has 15 heteroatoms. The van der Waals surface area contributed by atoms with Gasteiger partial charge in [-0.3, -0.25) is 19.1 Å². The Morgan fingerprint density at radius 3 is 2.56 bits per heavy atom. The molecule has 13 nitrogen and oxygen atoms in total. The lowest BCUT2D eigenvalue weighted by Crippen LogP contribution is -2.51. The average molecular weight is 781 g/mol. The standard InChI is InChI=1S/C39H52N6O7S2/c1-21(2)30-20-53-38(43-30)29-18-32(26-15-16-31(51-5)22(3)34(26)42-29)52-33-19-45(35(23(33)4)36(41)46)39(48)28(40)12-10-8-6-7-9-11-24-17-27(24)37(47)44-54(49,50)25-13-14-25/h9,11,15-16,18,20-21,23-25,27-28,33,35H,6-8,10,12-14,17,19,40H2,1-5H3,(H2,41,46)(H,44,47). The minimum Gasteiger partial charge on any atom is -0.496 e. The quantitative estimate of drug-likeness (QED) is 0.124. The first-order valence-electron chi connectivity index (χ1n) is 18.9. The van der Waals surface area contributed by atoms with Crippen molar-refractivity contribution >= 4 is 50.0 Å². The molecule has 3 aromatic rings. The number of pyridine rings is 1. The average Bonchev–Trinajstić information content (AvgIpc) is 4.05. The van der Waals surface area contributed by atoms with E-state index in [4.69, 9.17) is 30.9 Å². The van der Waals surface area contributed by atoms with Crippen LogP contribution in [0.3, 0.4) is 0 Å². The van der Waals surface area contributed by atoms with Gasteiger partial charge in [0, 0.05) is 34.2 Å². The van der Waals surface area contributed by atoms with Crippen molar-refractivity contribution in [3.8, 4) is 22.2 Å². The molecular formula is C39H52N6O7S2. The van der Waals surface area contributed by atoms with Gasteiger partial charge in [-0.1, -0.05) is 45.8 Å². The second-order valence-electron chi connectivity index (χ2n) is 15.3. The highest BCUT2D eigenvalue weighted by atomic mass is 32.2. The summed E-state index contributed by atoms with van der Waals surface area (Å²) >= 11 is 1.52. The summed E-state index contributed by atoms with van der Waals surface area (Å²) in [5, 5.41) is 3.16. The topological polar surface area (TPSA) is 197 Å². The minimum absolute atomic E-state index is 0.0715. The van der Waals surface area contributed by atoms with Gasteiger partial charge in [0.15, 0.2) is 0 Å². The molecule has 3 fully saturated rings.